The highest BCUT2D eigenvalue weighted by atomic mass is 16.5. The zero-order valence-electron chi connectivity index (χ0n) is 11.8. The van der Waals surface area contributed by atoms with Crippen molar-refractivity contribution in [1.82, 2.24) is 4.90 Å². The summed E-state index contributed by atoms with van der Waals surface area (Å²) >= 11 is 0. The summed E-state index contributed by atoms with van der Waals surface area (Å²) in [6.45, 7) is 3.27. The third-order valence-electron chi connectivity index (χ3n) is 3.01. The Morgan fingerprint density at radius 3 is 2.90 bits per heavy atom. The van der Waals surface area contributed by atoms with Crippen molar-refractivity contribution in [2.24, 2.45) is 0 Å². The van der Waals surface area contributed by atoms with Crippen LogP contribution in [0.5, 0.6) is 5.75 Å². The first-order chi connectivity index (χ1) is 9.52. The van der Waals surface area contributed by atoms with Crippen LogP contribution in [0.1, 0.15) is 12.5 Å². The Bertz CT molecular complexity index is 459. The molecule has 2 N–H and O–H groups in total. The van der Waals surface area contributed by atoms with Crippen molar-refractivity contribution in [1.29, 1.82) is 0 Å². The summed E-state index contributed by atoms with van der Waals surface area (Å²) in [5, 5.41) is 17.6. The third-order valence-corrected chi connectivity index (χ3v) is 3.01. The Morgan fingerprint density at radius 2 is 2.25 bits per heavy atom. The van der Waals surface area contributed by atoms with Crippen LogP contribution in [0.15, 0.2) is 30.3 Å². The number of carbonyl (C=O) groups is 1. The number of carboxylic acid groups (broad SMARTS) is 1. The van der Waals surface area contributed by atoms with E-state index in [4.69, 9.17) is 14.9 Å². The van der Waals surface area contributed by atoms with Crippen molar-refractivity contribution < 1.29 is 19.7 Å². The molecular formula is C15H21NO4. The van der Waals surface area contributed by atoms with E-state index in [1.165, 1.54) is 6.08 Å². The molecule has 0 fully saturated rings. The molecule has 5 heteroatoms. The maximum Gasteiger partial charge on any atom is 0.328 e. The first-order valence-corrected chi connectivity index (χ1v) is 6.48. The van der Waals surface area contributed by atoms with Gasteiger partial charge in [0, 0.05) is 18.7 Å². The van der Waals surface area contributed by atoms with E-state index < -0.39 is 5.97 Å². The normalized spacial score (nSPS) is 12.8. The van der Waals surface area contributed by atoms with E-state index in [2.05, 4.69) is 0 Å². The molecule has 0 saturated heterocycles. The van der Waals surface area contributed by atoms with Gasteiger partial charge in [-0.3, -0.25) is 4.90 Å². The first-order valence-electron chi connectivity index (χ1n) is 6.48. The molecule has 0 aliphatic heterocycles. The molecule has 0 aliphatic rings. The van der Waals surface area contributed by atoms with Gasteiger partial charge in [-0.15, -0.1) is 0 Å². The SMILES string of the molecule is CC(CO)N(C)CCOc1cccc(/C=C/C(=O)O)c1. The number of benzene rings is 1. The smallest absolute Gasteiger partial charge is 0.328 e. The number of nitrogens with zero attached hydrogens (tertiary/aromatic N) is 1. The second-order valence-electron chi connectivity index (χ2n) is 4.60. The highest BCUT2D eigenvalue weighted by molar-refractivity contribution is 5.85. The fourth-order valence-electron chi connectivity index (χ4n) is 1.54. The molecule has 20 heavy (non-hydrogen) atoms. The molecule has 0 heterocycles. The zero-order chi connectivity index (χ0) is 15.0. The maximum absolute atomic E-state index is 10.5. The lowest BCUT2D eigenvalue weighted by molar-refractivity contribution is -0.131. The fraction of sp³-hybridized carbons (Fsp3) is 0.400. The molecule has 0 spiro atoms. The van der Waals surface area contributed by atoms with Gasteiger partial charge in [0.15, 0.2) is 0 Å². The van der Waals surface area contributed by atoms with Crippen molar-refractivity contribution in [2.45, 2.75) is 13.0 Å². The molecule has 0 amide bonds. The van der Waals surface area contributed by atoms with Gasteiger partial charge in [0.1, 0.15) is 12.4 Å². The molecule has 5 nitrogen and oxygen atoms in total. The predicted octanol–water partition coefficient (Wildman–Crippen LogP) is 1.48. The van der Waals surface area contributed by atoms with Crippen molar-refractivity contribution in [2.75, 3.05) is 26.8 Å². The molecule has 1 aromatic rings. The minimum absolute atomic E-state index is 0.100. The summed E-state index contributed by atoms with van der Waals surface area (Å²) < 4.78 is 5.61. The Hall–Kier alpha value is -1.85. The van der Waals surface area contributed by atoms with Gasteiger partial charge in [-0.25, -0.2) is 4.79 Å². The Kier molecular flexibility index (Phi) is 6.76. The molecule has 0 radical (unpaired) electrons. The molecule has 110 valence electrons. The summed E-state index contributed by atoms with van der Waals surface area (Å²) in [5.74, 6) is -0.279. The van der Waals surface area contributed by atoms with Crippen molar-refractivity contribution in [3.05, 3.63) is 35.9 Å². The Labute approximate surface area is 119 Å². The molecule has 1 unspecified atom stereocenters. The minimum Gasteiger partial charge on any atom is -0.492 e. The molecule has 0 bridgehead atoms. The molecular weight excluding hydrogens is 258 g/mol. The van der Waals surface area contributed by atoms with E-state index in [0.29, 0.717) is 18.9 Å². The highest BCUT2D eigenvalue weighted by Crippen LogP contribution is 2.14. The largest absolute Gasteiger partial charge is 0.492 e. The van der Waals surface area contributed by atoms with Crippen LogP contribution in [0.25, 0.3) is 6.08 Å². The van der Waals surface area contributed by atoms with Gasteiger partial charge in [0.2, 0.25) is 0 Å². The van der Waals surface area contributed by atoms with Crippen LogP contribution >= 0.6 is 0 Å². The van der Waals surface area contributed by atoms with Crippen molar-refractivity contribution in [3.8, 4) is 5.75 Å². The van der Waals surface area contributed by atoms with Gasteiger partial charge < -0.3 is 14.9 Å². The van der Waals surface area contributed by atoms with E-state index in [-0.39, 0.29) is 12.6 Å². The Balaban J connectivity index is 2.48. The van der Waals surface area contributed by atoms with Crippen LogP contribution < -0.4 is 4.74 Å². The summed E-state index contributed by atoms with van der Waals surface area (Å²) in [6, 6.07) is 7.34. The van der Waals surface area contributed by atoms with E-state index in [1.54, 1.807) is 6.07 Å². The van der Waals surface area contributed by atoms with Crippen molar-refractivity contribution in [3.63, 3.8) is 0 Å². The number of carboxylic acids is 1. The van der Waals surface area contributed by atoms with Gasteiger partial charge in [-0.1, -0.05) is 12.1 Å². The number of hydrogen-bond donors (Lipinski definition) is 2. The van der Waals surface area contributed by atoms with E-state index in [0.717, 1.165) is 11.6 Å². The van der Waals surface area contributed by atoms with E-state index in [1.807, 2.05) is 37.1 Å². The standard InChI is InChI=1S/C15H21NO4/c1-12(11-17)16(2)8-9-20-14-5-3-4-13(10-14)6-7-15(18)19/h3-7,10,12,17H,8-9,11H2,1-2H3,(H,18,19)/b7-6+. The lowest BCUT2D eigenvalue weighted by Gasteiger charge is -2.22. The predicted molar refractivity (Wildman–Crippen MR) is 77.8 cm³/mol. The number of hydrogen-bond acceptors (Lipinski definition) is 4. The third kappa shape index (κ3) is 5.86. The van der Waals surface area contributed by atoms with E-state index >= 15 is 0 Å². The van der Waals surface area contributed by atoms with Gasteiger partial charge in [0.05, 0.1) is 6.61 Å². The number of aliphatic hydroxyl groups excluding tert-OH is 1. The van der Waals surface area contributed by atoms with Crippen molar-refractivity contribution >= 4 is 12.0 Å². The lowest BCUT2D eigenvalue weighted by Crippen LogP contribution is -2.35. The second kappa shape index (κ2) is 8.35. The molecule has 1 rings (SSSR count). The minimum atomic E-state index is -0.976. The second-order valence-corrected chi connectivity index (χ2v) is 4.60. The van der Waals surface area contributed by atoms with Crippen LogP contribution in [0.3, 0.4) is 0 Å². The summed E-state index contributed by atoms with van der Waals surface area (Å²) in [5.41, 5.74) is 0.780. The fourth-order valence-corrected chi connectivity index (χ4v) is 1.54. The van der Waals surface area contributed by atoms with Gasteiger partial charge in [-0.2, -0.15) is 0 Å². The first kappa shape index (κ1) is 16.2. The molecule has 1 atom stereocenters. The topological polar surface area (TPSA) is 70.0 Å². The molecule has 0 saturated carbocycles. The average molecular weight is 279 g/mol. The van der Waals surface area contributed by atoms with Gasteiger partial charge in [0.25, 0.3) is 0 Å². The monoisotopic (exact) mass is 279 g/mol. The summed E-state index contributed by atoms with van der Waals surface area (Å²) in [7, 11) is 1.93. The number of ether oxygens (including phenoxy) is 1. The van der Waals surface area contributed by atoms with Crippen LogP contribution in [-0.2, 0) is 4.79 Å². The van der Waals surface area contributed by atoms with Crippen LogP contribution in [0.2, 0.25) is 0 Å². The van der Waals surface area contributed by atoms with E-state index in [9.17, 15) is 4.79 Å². The molecule has 0 aromatic heterocycles. The average Bonchev–Trinajstić information content (AvgIpc) is 2.44. The number of aliphatic carboxylic acids is 1. The lowest BCUT2D eigenvalue weighted by atomic mass is 10.2. The van der Waals surface area contributed by atoms with Crippen LogP contribution in [0, 0.1) is 0 Å². The number of rotatable bonds is 8. The summed E-state index contributed by atoms with van der Waals surface area (Å²) in [4.78, 5) is 12.5. The van der Waals surface area contributed by atoms with Gasteiger partial charge >= 0.3 is 5.97 Å². The molecule has 0 aliphatic carbocycles. The van der Waals surface area contributed by atoms with Gasteiger partial charge in [-0.05, 0) is 37.7 Å². The Morgan fingerprint density at radius 1 is 1.50 bits per heavy atom. The molecule has 1 aromatic carbocycles. The zero-order valence-corrected chi connectivity index (χ0v) is 11.8. The van der Waals surface area contributed by atoms with Crippen LogP contribution in [0.4, 0.5) is 0 Å². The highest BCUT2D eigenvalue weighted by Gasteiger charge is 2.07. The number of likely N-dealkylation sites (N-methyl/N-ethyl adjacent to an activating group) is 1. The van der Waals surface area contributed by atoms with Crippen LogP contribution in [-0.4, -0.2) is 53.9 Å². The number of aliphatic hydroxyl groups is 1. The maximum atomic E-state index is 10.5. The quantitative estimate of drug-likeness (QED) is 0.705. The summed E-state index contributed by atoms with van der Waals surface area (Å²) in [6.07, 6.45) is 2.62.